The molecule has 0 spiro atoms. The number of carbonyl (C=O) groups is 2. The summed E-state index contributed by atoms with van der Waals surface area (Å²) < 4.78 is 32.0. The number of anilines is 2. The van der Waals surface area contributed by atoms with Gasteiger partial charge in [0.15, 0.2) is 6.61 Å². The second-order valence-electron chi connectivity index (χ2n) is 6.74. The molecule has 2 aromatic rings. The van der Waals surface area contributed by atoms with Gasteiger partial charge in [-0.2, -0.15) is 4.31 Å². The summed E-state index contributed by atoms with van der Waals surface area (Å²) in [4.78, 5) is 24.2. The summed E-state index contributed by atoms with van der Waals surface area (Å²) in [6, 6.07) is 12.2. The highest BCUT2D eigenvalue weighted by Crippen LogP contribution is 2.22. The number of esters is 1. The Labute approximate surface area is 169 Å². The van der Waals surface area contributed by atoms with Gasteiger partial charge in [-0.05, 0) is 55.3 Å². The number of amides is 1. The molecule has 0 radical (unpaired) electrons. The maximum atomic E-state index is 12.8. The Morgan fingerprint density at radius 2 is 1.72 bits per heavy atom. The van der Waals surface area contributed by atoms with Gasteiger partial charge in [0.2, 0.25) is 10.0 Å². The fourth-order valence-corrected chi connectivity index (χ4v) is 4.58. The third-order valence-electron chi connectivity index (χ3n) is 4.55. The van der Waals surface area contributed by atoms with Crippen molar-refractivity contribution in [1.82, 2.24) is 4.31 Å². The average molecular weight is 417 g/mol. The fourth-order valence-electron chi connectivity index (χ4n) is 3.02. The number of ether oxygens (including phenoxy) is 1. The van der Waals surface area contributed by atoms with Crippen molar-refractivity contribution in [1.29, 1.82) is 0 Å². The Morgan fingerprint density at radius 1 is 1.03 bits per heavy atom. The predicted octanol–water partition coefficient (Wildman–Crippen LogP) is 2.24. The number of sulfonamides is 1. The molecule has 0 aromatic heterocycles. The summed E-state index contributed by atoms with van der Waals surface area (Å²) in [5, 5.41) is 2.55. The van der Waals surface area contributed by atoms with Gasteiger partial charge in [-0.25, -0.2) is 13.2 Å². The molecular formula is C20H23N3O5S. The van der Waals surface area contributed by atoms with E-state index in [1.165, 1.54) is 28.6 Å². The van der Waals surface area contributed by atoms with E-state index in [1.54, 1.807) is 24.3 Å². The Balaban J connectivity index is 1.60. The topological polar surface area (TPSA) is 119 Å². The minimum Gasteiger partial charge on any atom is -0.452 e. The molecule has 154 valence electrons. The second kappa shape index (κ2) is 9.06. The Hall–Kier alpha value is -2.91. The molecule has 2 aromatic carbocycles. The van der Waals surface area contributed by atoms with E-state index in [-0.39, 0.29) is 10.5 Å². The molecule has 1 heterocycles. The number of carbonyl (C=O) groups excluding carboxylic acids is 2. The van der Waals surface area contributed by atoms with Crippen molar-refractivity contribution in [2.24, 2.45) is 0 Å². The highest BCUT2D eigenvalue weighted by Gasteiger charge is 2.26. The first-order chi connectivity index (χ1) is 13.9. The summed E-state index contributed by atoms with van der Waals surface area (Å²) in [5.74, 6) is -1.22. The lowest BCUT2D eigenvalue weighted by Crippen LogP contribution is -2.35. The summed E-state index contributed by atoms with van der Waals surface area (Å²) in [6.45, 7) is 0.506. The maximum Gasteiger partial charge on any atom is 0.338 e. The van der Waals surface area contributed by atoms with Crippen molar-refractivity contribution in [3.8, 4) is 0 Å². The molecule has 9 heteroatoms. The predicted molar refractivity (Wildman–Crippen MR) is 109 cm³/mol. The summed E-state index contributed by atoms with van der Waals surface area (Å²) in [7, 11) is -3.60. The molecule has 29 heavy (non-hydrogen) atoms. The van der Waals surface area contributed by atoms with E-state index in [4.69, 9.17) is 10.5 Å². The number of nitrogens with one attached hydrogen (secondary N) is 1. The average Bonchev–Trinajstić information content (AvgIpc) is 2.73. The molecule has 8 nitrogen and oxygen atoms in total. The van der Waals surface area contributed by atoms with Crippen molar-refractivity contribution >= 4 is 33.3 Å². The molecule has 1 aliphatic rings. The number of hydrogen-bond donors (Lipinski definition) is 2. The van der Waals surface area contributed by atoms with Crippen LogP contribution in [-0.2, 0) is 19.6 Å². The molecular weight excluding hydrogens is 394 g/mol. The number of benzene rings is 2. The molecule has 0 aliphatic carbocycles. The maximum absolute atomic E-state index is 12.8. The van der Waals surface area contributed by atoms with Crippen molar-refractivity contribution in [3.63, 3.8) is 0 Å². The van der Waals surface area contributed by atoms with Crippen molar-refractivity contribution in [2.45, 2.75) is 24.2 Å². The molecule has 3 rings (SSSR count). The lowest BCUT2D eigenvalue weighted by atomic mass is 10.2. The number of nitrogen functional groups attached to an aromatic ring is 1. The first-order valence-electron chi connectivity index (χ1n) is 9.29. The van der Waals surface area contributed by atoms with Crippen molar-refractivity contribution < 1.29 is 22.7 Å². The largest absolute Gasteiger partial charge is 0.452 e. The van der Waals surface area contributed by atoms with Gasteiger partial charge in [-0.3, -0.25) is 4.79 Å². The molecule has 1 aliphatic heterocycles. The first kappa shape index (κ1) is 20.8. The molecule has 0 saturated carbocycles. The smallest absolute Gasteiger partial charge is 0.338 e. The number of hydrogen-bond acceptors (Lipinski definition) is 6. The molecule has 3 N–H and O–H groups in total. The number of nitrogens with two attached hydrogens (primary N) is 1. The van der Waals surface area contributed by atoms with E-state index in [9.17, 15) is 18.0 Å². The van der Waals surface area contributed by atoms with Crippen LogP contribution in [0.1, 0.15) is 29.6 Å². The third kappa shape index (κ3) is 5.33. The van der Waals surface area contributed by atoms with Gasteiger partial charge in [0.25, 0.3) is 5.91 Å². The summed E-state index contributed by atoms with van der Waals surface area (Å²) in [5.41, 5.74) is 6.67. The van der Waals surface area contributed by atoms with Crippen LogP contribution in [0, 0.1) is 0 Å². The lowest BCUT2D eigenvalue weighted by Gasteiger charge is -2.26. The van der Waals surface area contributed by atoms with E-state index < -0.39 is 28.5 Å². The van der Waals surface area contributed by atoms with Crippen LogP contribution in [0.3, 0.4) is 0 Å². The summed E-state index contributed by atoms with van der Waals surface area (Å²) in [6.07, 6.45) is 2.71. The normalized spacial score (nSPS) is 14.9. The third-order valence-corrected chi connectivity index (χ3v) is 6.45. The molecule has 1 saturated heterocycles. The van der Waals surface area contributed by atoms with E-state index in [0.717, 1.165) is 19.3 Å². The fraction of sp³-hybridized carbons (Fsp3) is 0.300. The monoisotopic (exact) mass is 417 g/mol. The van der Waals surface area contributed by atoms with Gasteiger partial charge in [0.1, 0.15) is 0 Å². The molecule has 0 atom stereocenters. The number of nitrogens with zero attached hydrogens (tertiary/aromatic N) is 1. The highest BCUT2D eigenvalue weighted by atomic mass is 32.2. The Kier molecular flexibility index (Phi) is 6.50. The van der Waals surface area contributed by atoms with Gasteiger partial charge in [-0.15, -0.1) is 0 Å². The Bertz CT molecular complexity index is 983. The van der Waals surface area contributed by atoms with Crippen LogP contribution in [0.2, 0.25) is 0 Å². The standard InChI is InChI=1S/C20H23N3O5S/c21-16-9-7-15(8-10-16)20(25)28-14-19(24)22-17-5-4-6-18(13-17)29(26,27)23-11-2-1-3-12-23/h4-10,13H,1-3,11-12,14,21H2,(H,22,24). The van der Waals surface area contributed by atoms with Crippen LogP contribution >= 0.6 is 0 Å². The van der Waals surface area contributed by atoms with Gasteiger partial charge in [-0.1, -0.05) is 12.5 Å². The van der Waals surface area contributed by atoms with E-state index in [0.29, 0.717) is 24.5 Å². The molecule has 0 unspecified atom stereocenters. The molecule has 0 bridgehead atoms. The highest BCUT2D eigenvalue weighted by molar-refractivity contribution is 7.89. The SMILES string of the molecule is Nc1ccc(C(=O)OCC(=O)Nc2cccc(S(=O)(=O)N3CCCCC3)c2)cc1. The van der Waals surface area contributed by atoms with Gasteiger partial charge in [0.05, 0.1) is 10.5 Å². The number of rotatable bonds is 6. The summed E-state index contributed by atoms with van der Waals surface area (Å²) >= 11 is 0. The quantitative estimate of drug-likeness (QED) is 0.550. The van der Waals surface area contributed by atoms with Crippen LogP contribution < -0.4 is 11.1 Å². The zero-order chi connectivity index (χ0) is 20.9. The van der Waals surface area contributed by atoms with E-state index in [1.807, 2.05) is 0 Å². The van der Waals surface area contributed by atoms with Crippen molar-refractivity contribution in [3.05, 3.63) is 54.1 Å². The minimum atomic E-state index is -3.60. The lowest BCUT2D eigenvalue weighted by molar-refractivity contribution is -0.119. The Morgan fingerprint density at radius 3 is 2.41 bits per heavy atom. The minimum absolute atomic E-state index is 0.121. The van der Waals surface area contributed by atoms with Crippen LogP contribution in [0.15, 0.2) is 53.4 Å². The van der Waals surface area contributed by atoms with Crippen LogP contribution in [0.4, 0.5) is 11.4 Å². The van der Waals surface area contributed by atoms with E-state index in [2.05, 4.69) is 5.32 Å². The zero-order valence-corrected chi connectivity index (χ0v) is 16.7. The van der Waals surface area contributed by atoms with Crippen LogP contribution in [0.5, 0.6) is 0 Å². The van der Waals surface area contributed by atoms with Crippen LogP contribution in [0.25, 0.3) is 0 Å². The number of piperidine rings is 1. The van der Waals surface area contributed by atoms with Gasteiger partial charge in [0, 0.05) is 24.5 Å². The zero-order valence-electron chi connectivity index (χ0n) is 15.8. The first-order valence-corrected chi connectivity index (χ1v) is 10.7. The molecule has 1 fully saturated rings. The van der Waals surface area contributed by atoms with Gasteiger partial charge >= 0.3 is 5.97 Å². The van der Waals surface area contributed by atoms with Crippen LogP contribution in [-0.4, -0.2) is 44.3 Å². The van der Waals surface area contributed by atoms with E-state index >= 15 is 0 Å². The molecule has 1 amide bonds. The van der Waals surface area contributed by atoms with Crippen molar-refractivity contribution in [2.75, 3.05) is 30.7 Å². The second-order valence-corrected chi connectivity index (χ2v) is 8.68. The van der Waals surface area contributed by atoms with Gasteiger partial charge < -0.3 is 15.8 Å².